The third-order valence-electron chi connectivity index (χ3n) is 3.57. The van der Waals surface area contributed by atoms with Gasteiger partial charge in [-0.2, -0.15) is 5.26 Å². The van der Waals surface area contributed by atoms with E-state index in [1.807, 2.05) is 13.8 Å². The maximum Gasteiger partial charge on any atom is 0.0684 e. The molecule has 1 saturated heterocycles. The molecule has 0 amide bonds. The maximum absolute atomic E-state index is 8.94. The van der Waals surface area contributed by atoms with Gasteiger partial charge in [0.2, 0.25) is 0 Å². The highest BCUT2D eigenvalue weighted by molar-refractivity contribution is 4.92. The van der Waals surface area contributed by atoms with Gasteiger partial charge in [-0.05, 0) is 58.2 Å². The van der Waals surface area contributed by atoms with Gasteiger partial charge in [-0.1, -0.05) is 13.8 Å². The van der Waals surface area contributed by atoms with Crippen molar-refractivity contribution in [1.82, 2.24) is 4.90 Å². The molecule has 0 spiro atoms. The Balaban J connectivity index is 2.29. The molecule has 0 N–H and O–H groups in total. The minimum absolute atomic E-state index is 0.160. The molecule has 0 unspecified atom stereocenters. The molecule has 1 rings (SSSR count). The third-order valence-corrected chi connectivity index (χ3v) is 3.57. The predicted molar refractivity (Wildman–Crippen MR) is 63.5 cm³/mol. The Kier molecular flexibility index (Phi) is 3.78. The van der Waals surface area contributed by atoms with Crippen LogP contribution in [0.3, 0.4) is 0 Å². The lowest BCUT2D eigenvalue weighted by molar-refractivity contribution is 0.124. The maximum atomic E-state index is 8.94. The molecule has 0 atom stereocenters. The minimum Gasteiger partial charge on any atom is -0.303 e. The van der Waals surface area contributed by atoms with E-state index in [1.54, 1.807) is 0 Å². The summed E-state index contributed by atoms with van der Waals surface area (Å²) in [5, 5.41) is 8.94. The summed E-state index contributed by atoms with van der Waals surface area (Å²) >= 11 is 0. The number of nitrogens with zero attached hydrogens (tertiary/aromatic N) is 2. The lowest BCUT2D eigenvalue weighted by Gasteiger charge is -2.37. The molecule has 0 aromatic rings. The van der Waals surface area contributed by atoms with Gasteiger partial charge in [-0.3, -0.25) is 0 Å². The lowest BCUT2D eigenvalue weighted by atomic mass is 9.82. The van der Waals surface area contributed by atoms with Crippen LogP contribution in [0.15, 0.2) is 0 Å². The molecular formula is C13H24N2. The average molecular weight is 208 g/mol. The Morgan fingerprint density at radius 2 is 1.80 bits per heavy atom. The highest BCUT2D eigenvalue weighted by atomic mass is 15.1. The Morgan fingerprint density at radius 3 is 2.27 bits per heavy atom. The fourth-order valence-electron chi connectivity index (χ4n) is 1.88. The Labute approximate surface area is 94.3 Å². The fourth-order valence-corrected chi connectivity index (χ4v) is 1.88. The summed E-state index contributed by atoms with van der Waals surface area (Å²) in [6.07, 6.45) is 3.57. The van der Waals surface area contributed by atoms with Crippen molar-refractivity contribution in [2.45, 2.75) is 47.0 Å². The van der Waals surface area contributed by atoms with Crippen molar-refractivity contribution in [3.63, 3.8) is 0 Å². The van der Waals surface area contributed by atoms with Crippen LogP contribution in [-0.2, 0) is 0 Å². The van der Waals surface area contributed by atoms with Gasteiger partial charge in [0.15, 0.2) is 0 Å². The highest BCUT2D eigenvalue weighted by Crippen LogP contribution is 2.30. The van der Waals surface area contributed by atoms with Crippen molar-refractivity contribution in [2.75, 3.05) is 19.6 Å². The number of likely N-dealkylation sites (tertiary alicyclic amines) is 1. The Bertz CT molecular complexity index is 238. The molecule has 0 saturated carbocycles. The number of nitriles is 1. The molecule has 1 aliphatic heterocycles. The zero-order chi connectivity index (χ0) is 11.5. The van der Waals surface area contributed by atoms with Crippen LogP contribution in [0.2, 0.25) is 0 Å². The van der Waals surface area contributed by atoms with E-state index in [0.29, 0.717) is 5.41 Å². The van der Waals surface area contributed by atoms with Gasteiger partial charge in [0.25, 0.3) is 0 Å². The lowest BCUT2D eigenvalue weighted by Crippen LogP contribution is -2.38. The zero-order valence-electron chi connectivity index (χ0n) is 10.6. The molecule has 0 radical (unpaired) electrons. The molecule has 0 bridgehead atoms. The highest BCUT2D eigenvalue weighted by Gasteiger charge is 2.26. The summed E-state index contributed by atoms with van der Waals surface area (Å²) in [5.41, 5.74) is 0.369. The molecule has 2 heteroatoms. The predicted octanol–water partition coefficient (Wildman–Crippen LogP) is 3.05. The first-order valence-corrected chi connectivity index (χ1v) is 5.98. The minimum atomic E-state index is -0.160. The van der Waals surface area contributed by atoms with Gasteiger partial charge in [0, 0.05) is 0 Å². The van der Waals surface area contributed by atoms with E-state index in [0.717, 1.165) is 13.0 Å². The van der Waals surface area contributed by atoms with Gasteiger partial charge in [-0.25, -0.2) is 0 Å². The summed E-state index contributed by atoms with van der Waals surface area (Å²) in [5.74, 6) is 0. The van der Waals surface area contributed by atoms with E-state index in [2.05, 4.69) is 24.8 Å². The average Bonchev–Trinajstić information content (AvgIpc) is 2.16. The third kappa shape index (κ3) is 4.22. The molecule has 2 nitrogen and oxygen atoms in total. The summed E-state index contributed by atoms with van der Waals surface area (Å²) < 4.78 is 0. The normalized spacial score (nSPS) is 22.3. The molecule has 0 aromatic heterocycles. The Morgan fingerprint density at radius 1 is 1.27 bits per heavy atom. The van der Waals surface area contributed by atoms with Gasteiger partial charge in [-0.15, -0.1) is 0 Å². The van der Waals surface area contributed by atoms with Crippen molar-refractivity contribution in [2.24, 2.45) is 10.8 Å². The van der Waals surface area contributed by atoms with E-state index >= 15 is 0 Å². The fraction of sp³-hybridized carbons (Fsp3) is 0.923. The van der Waals surface area contributed by atoms with E-state index in [4.69, 9.17) is 5.26 Å². The topological polar surface area (TPSA) is 27.0 Å². The second kappa shape index (κ2) is 4.53. The number of hydrogen-bond donors (Lipinski definition) is 0. The van der Waals surface area contributed by atoms with Crippen molar-refractivity contribution >= 4 is 0 Å². The van der Waals surface area contributed by atoms with Crippen LogP contribution in [0.1, 0.15) is 47.0 Å². The summed E-state index contributed by atoms with van der Waals surface area (Å²) in [4.78, 5) is 2.50. The van der Waals surface area contributed by atoms with Gasteiger partial charge >= 0.3 is 0 Å². The first kappa shape index (κ1) is 12.5. The van der Waals surface area contributed by atoms with Crippen LogP contribution >= 0.6 is 0 Å². The standard InChI is InChI=1S/C13H24N2/c1-12(2)5-8-15(9-6-12)10-7-13(3,4)11-14/h5-10H2,1-4H3. The molecule has 1 fully saturated rings. The van der Waals surface area contributed by atoms with Gasteiger partial charge in [0.05, 0.1) is 11.5 Å². The van der Waals surface area contributed by atoms with E-state index in [-0.39, 0.29) is 5.41 Å². The Hall–Kier alpha value is -0.550. The quantitative estimate of drug-likeness (QED) is 0.712. The first-order chi connectivity index (χ1) is 6.85. The monoisotopic (exact) mass is 208 g/mol. The van der Waals surface area contributed by atoms with Crippen LogP contribution in [0.4, 0.5) is 0 Å². The zero-order valence-corrected chi connectivity index (χ0v) is 10.6. The second-order valence-corrected chi connectivity index (χ2v) is 6.25. The molecule has 86 valence electrons. The van der Waals surface area contributed by atoms with Crippen LogP contribution in [-0.4, -0.2) is 24.5 Å². The molecule has 0 aliphatic carbocycles. The van der Waals surface area contributed by atoms with E-state index in [9.17, 15) is 0 Å². The summed E-state index contributed by atoms with van der Waals surface area (Å²) in [6, 6.07) is 2.37. The number of rotatable bonds is 3. The van der Waals surface area contributed by atoms with Gasteiger partial charge in [0.1, 0.15) is 0 Å². The summed E-state index contributed by atoms with van der Waals surface area (Å²) in [6.45, 7) is 12.2. The largest absolute Gasteiger partial charge is 0.303 e. The van der Waals surface area contributed by atoms with Crippen LogP contribution in [0.25, 0.3) is 0 Å². The number of hydrogen-bond acceptors (Lipinski definition) is 2. The van der Waals surface area contributed by atoms with Crippen LogP contribution in [0, 0.1) is 22.2 Å². The molecular weight excluding hydrogens is 184 g/mol. The molecule has 0 aromatic carbocycles. The number of piperidine rings is 1. The van der Waals surface area contributed by atoms with E-state index in [1.165, 1.54) is 25.9 Å². The molecule has 1 aliphatic rings. The van der Waals surface area contributed by atoms with Crippen molar-refractivity contribution in [3.05, 3.63) is 0 Å². The second-order valence-electron chi connectivity index (χ2n) is 6.25. The van der Waals surface area contributed by atoms with Crippen molar-refractivity contribution < 1.29 is 0 Å². The first-order valence-electron chi connectivity index (χ1n) is 5.98. The van der Waals surface area contributed by atoms with E-state index < -0.39 is 0 Å². The van der Waals surface area contributed by atoms with Crippen molar-refractivity contribution in [3.8, 4) is 6.07 Å². The molecule has 15 heavy (non-hydrogen) atoms. The van der Waals surface area contributed by atoms with Gasteiger partial charge < -0.3 is 4.90 Å². The van der Waals surface area contributed by atoms with Crippen LogP contribution in [0.5, 0.6) is 0 Å². The van der Waals surface area contributed by atoms with Crippen molar-refractivity contribution in [1.29, 1.82) is 5.26 Å². The SMILES string of the molecule is CC(C)(C#N)CCN1CCC(C)(C)CC1. The smallest absolute Gasteiger partial charge is 0.0684 e. The summed E-state index contributed by atoms with van der Waals surface area (Å²) in [7, 11) is 0. The molecule has 1 heterocycles. The van der Waals surface area contributed by atoms with Crippen LogP contribution < -0.4 is 0 Å².